The molecule has 180 valence electrons. The zero-order valence-corrected chi connectivity index (χ0v) is 18.1. The van der Waals surface area contributed by atoms with Gasteiger partial charge >= 0.3 is 12.4 Å². The van der Waals surface area contributed by atoms with Crippen LogP contribution in [0, 0.1) is 35.5 Å². The summed E-state index contributed by atoms with van der Waals surface area (Å²) in [4.78, 5) is 0. The fraction of sp³-hybridized carbons (Fsp3) is 0.826. The predicted octanol–water partition coefficient (Wildman–Crippen LogP) is 6.44. The van der Waals surface area contributed by atoms with E-state index in [1.54, 1.807) is 6.08 Å². The molecule has 0 amide bonds. The summed E-state index contributed by atoms with van der Waals surface area (Å²) in [5.74, 6) is -0.109. The predicted molar refractivity (Wildman–Crippen MR) is 107 cm³/mol. The molecule has 6 unspecified atom stereocenters. The fourth-order valence-corrected chi connectivity index (χ4v) is 5.58. The van der Waals surface area contributed by atoms with Gasteiger partial charge in [-0.2, -0.15) is 26.3 Å². The van der Waals surface area contributed by atoms with Crippen LogP contribution < -0.4 is 0 Å². The van der Waals surface area contributed by atoms with Crippen molar-refractivity contribution in [2.24, 2.45) is 35.5 Å². The Morgan fingerprint density at radius 2 is 1.48 bits per heavy atom. The van der Waals surface area contributed by atoms with Crippen LogP contribution in [-0.4, -0.2) is 34.8 Å². The zero-order valence-electron chi connectivity index (χ0n) is 18.1. The third kappa shape index (κ3) is 6.28. The van der Waals surface area contributed by atoms with Crippen molar-refractivity contribution in [1.29, 1.82) is 0 Å². The summed E-state index contributed by atoms with van der Waals surface area (Å²) >= 11 is 0. The van der Waals surface area contributed by atoms with Crippen molar-refractivity contribution in [3.8, 4) is 0 Å². The van der Waals surface area contributed by atoms with Crippen LogP contribution in [0.4, 0.5) is 26.3 Å². The van der Waals surface area contributed by atoms with Gasteiger partial charge < -0.3 is 10.2 Å². The molecule has 0 aromatic rings. The zero-order chi connectivity index (χ0) is 23.4. The Morgan fingerprint density at radius 3 is 2.03 bits per heavy atom. The average Bonchev–Trinajstić information content (AvgIpc) is 3.17. The molecule has 2 fully saturated rings. The van der Waals surface area contributed by atoms with E-state index in [-0.39, 0.29) is 18.9 Å². The van der Waals surface area contributed by atoms with Gasteiger partial charge in [0.05, 0.1) is 0 Å². The SMILES string of the molecule is CC=CC1CC(CC=CC2CC(C)CC2CC(O)(C(F)(F)F)C(F)(F)F)CC1CCO. The first-order chi connectivity index (χ1) is 14.3. The quantitative estimate of drug-likeness (QED) is 0.326. The number of allylic oxidation sites excluding steroid dienone is 4. The first-order valence-corrected chi connectivity index (χ1v) is 11.1. The Morgan fingerprint density at radius 1 is 0.871 bits per heavy atom. The van der Waals surface area contributed by atoms with E-state index >= 15 is 0 Å². The summed E-state index contributed by atoms with van der Waals surface area (Å²) in [6.45, 7) is 3.90. The van der Waals surface area contributed by atoms with Crippen LogP contribution in [0.15, 0.2) is 24.3 Å². The maximum absolute atomic E-state index is 13.1. The number of rotatable bonds is 8. The lowest BCUT2D eigenvalue weighted by molar-refractivity contribution is -0.373. The van der Waals surface area contributed by atoms with Crippen LogP contribution in [0.1, 0.15) is 58.8 Å². The second kappa shape index (κ2) is 10.3. The highest BCUT2D eigenvalue weighted by Crippen LogP contribution is 2.51. The Labute approximate surface area is 180 Å². The Kier molecular flexibility index (Phi) is 8.70. The highest BCUT2D eigenvalue weighted by molar-refractivity contribution is 5.04. The lowest BCUT2D eigenvalue weighted by Crippen LogP contribution is -2.57. The van der Waals surface area contributed by atoms with Crippen LogP contribution in [-0.2, 0) is 0 Å². The maximum Gasteiger partial charge on any atom is 0.426 e. The van der Waals surface area contributed by atoms with Gasteiger partial charge in [0.25, 0.3) is 5.60 Å². The molecule has 2 saturated carbocycles. The largest absolute Gasteiger partial charge is 0.426 e. The molecular formula is C23H34F6O2. The van der Waals surface area contributed by atoms with Crippen molar-refractivity contribution in [3.05, 3.63) is 24.3 Å². The van der Waals surface area contributed by atoms with Crippen molar-refractivity contribution >= 4 is 0 Å². The minimum atomic E-state index is -5.77. The van der Waals surface area contributed by atoms with E-state index in [9.17, 15) is 36.6 Å². The average molecular weight is 457 g/mol. The normalized spacial score (nSPS) is 33.2. The lowest BCUT2D eigenvalue weighted by Gasteiger charge is -2.35. The lowest BCUT2D eigenvalue weighted by atomic mass is 9.82. The van der Waals surface area contributed by atoms with Crippen molar-refractivity contribution in [3.63, 3.8) is 0 Å². The van der Waals surface area contributed by atoms with Crippen molar-refractivity contribution < 1.29 is 36.6 Å². The Bertz CT molecular complexity index is 611. The van der Waals surface area contributed by atoms with Crippen LogP contribution in [0.2, 0.25) is 0 Å². The van der Waals surface area contributed by atoms with Gasteiger partial charge in [-0.25, -0.2) is 0 Å². The molecule has 0 saturated heterocycles. The minimum absolute atomic E-state index is 0.00449. The summed E-state index contributed by atoms with van der Waals surface area (Å²) < 4.78 is 78.7. The van der Waals surface area contributed by atoms with Gasteiger partial charge in [0.2, 0.25) is 0 Å². The highest BCUT2D eigenvalue weighted by Gasteiger charge is 2.70. The highest BCUT2D eigenvalue weighted by atomic mass is 19.4. The summed E-state index contributed by atoms with van der Waals surface area (Å²) in [5, 5.41) is 18.9. The van der Waals surface area contributed by atoms with Crippen molar-refractivity contribution in [1.82, 2.24) is 0 Å². The number of aliphatic hydroxyl groups is 2. The first-order valence-electron chi connectivity index (χ1n) is 11.1. The monoisotopic (exact) mass is 456 g/mol. The summed E-state index contributed by atoms with van der Waals surface area (Å²) in [7, 11) is 0. The van der Waals surface area contributed by atoms with E-state index in [2.05, 4.69) is 6.08 Å². The molecule has 8 heteroatoms. The van der Waals surface area contributed by atoms with Gasteiger partial charge in [-0.05, 0) is 87.4 Å². The van der Waals surface area contributed by atoms with Gasteiger partial charge in [-0.3, -0.25) is 0 Å². The molecule has 0 bridgehead atoms. The third-order valence-corrected chi connectivity index (χ3v) is 7.12. The van der Waals surface area contributed by atoms with Crippen LogP contribution in [0.25, 0.3) is 0 Å². The molecule has 2 N–H and O–H groups in total. The molecule has 0 aromatic heterocycles. The minimum Gasteiger partial charge on any atom is -0.396 e. The molecule has 2 aliphatic carbocycles. The number of aliphatic hydroxyl groups excluding tert-OH is 1. The van der Waals surface area contributed by atoms with Gasteiger partial charge in [0, 0.05) is 6.61 Å². The standard InChI is InChI=1S/C23H34F6O2/c1-3-5-17-12-16(13-19(17)8-9-30)6-4-7-18-10-15(2)11-20(18)14-21(31,22(24,25)26)23(27,28)29/h3-5,7,15-20,30-31H,6,8-14H2,1-2H3. The number of hydrogen-bond acceptors (Lipinski definition) is 2. The topological polar surface area (TPSA) is 40.5 Å². The smallest absolute Gasteiger partial charge is 0.396 e. The number of hydrogen-bond donors (Lipinski definition) is 2. The van der Waals surface area contributed by atoms with Gasteiger partial charge in [-0.1, -0.05) is 31.2 Å². The molecule has 6 atom stereocenters. The van der Waals surface area contributed by atoms with E-state index in [1.807, 2.05) is 26.0 Å². The van der Waals surface area contributed by atoms with Crippen molar-refractivity contribution in [2.75, 3.05) is 6.61 Å². The van der Waals surface area contributed by atoms with Gasteiger partial charge in [0.15, 0.2) is 0 Å². The van der Waals surface area contributed by atoms with Crippen molar-refractivity contribution in [2.45, 2.75) is 76.7 Å². The molecule has 0 aliphatic heterocycles. The first kappa shape index (κ1) is 26.2. The summed E-state index contributed by atoms with van der Waals surface area (Å²) in [6, 6.07) is 0. The molecule has 0 radical (unpaired) electrons. The molecule has 2 aliphatic rings. The van der Waals surface area contributed by atoms with E-state index in [1.165, 1.54) is 0 Å². The molecule has 2 rings (SSSR count). The third-order valence-electron chi connectivity index (χ3n) is 7.12. The molecule has 0 heterocycles. The van der Waals surface area contributed by atoms with Gasteiger partial charge in [-0.15, -0.1) is 0 Å². The summed E-state index contributed by atoms with van der Waals surface area (Å²) in [5.41, 5.74) is -4.68. The van der Waals surface area contributed by atoms with E-state index in [4.69, 9.17) is 0 Å². The van der Waals surface area contributed by atoms with Crippen LogP contribution >= 0.6 is 0 Å². The molecule has 31 heavy (non-hydrogen) atoms. The van der Waals surface area contributed by atoms with Gasteiger partial charge in [0.1, 0.15) is 0 Å². The molecule has 0 aromatic carbocycles. The van der Waals surface area contributed by atoms with E-state index < -0.39 is 36.2 Å². The second-order valence-corrected chi connectivity index (χ2v) is 9.52. The van der Waals surface area contributed by atoms with E-state index in [0.717, 1.165) is 25.7 Å². The number of halogens is 6. The Balaban J connectivity index is 2.04. The molecule has 2 nitrogen and oxygen atoms in total. The van der Waals surface area contributed by atoms with E-state index in [0.29, 0.717) is 24.2 Å². The van der Waals surface area contributed by atoms with Crippen LogP contribution in [0.3, 0.4) is 0 Å². The number of alkyl halides is 6. The second-order valence-electron chi connectivity index (χ2n) is 9.52. The summed E-state index contributed by atoms with van der Waals surface area (Å²) in [6.07, 6.45) is -0.962. The maximum atomic E-state index is 13.1. The molecule has 0 spiro atoms. The molecular weight excluding hydrogens is 422 g/mol. The van der Waals surface area contributed by atoms with Crippen LogP contribution in [0.5, 0.6) is 0 Å². The Hall–Kier alpha value is -1.02. The fourth-order valence-electron chi connectivity index (χ4n) is 5.58.